The Balaban J connectivity index is 4.27. The van der Waals surface area contributed by atoms with Crippen LogP contribution in [0.1, 0.15) is 6.92 Å². The molecule has 0 radical (unpaired) electrons. The predicted molar refractivity (Wildman–Crippen MR) is 61.7 cm³/mol. The zero-order valence-corrected chi connectivity index (χ0v) is 9.42. The minimum Gasteiger partial charge on any atom is -0.341 e. The molecule has 0 saturated heterocycles. The molecule has 3 N–H and O–H groups in total. The van der Waals surface area contributed by atoms with Gasteiger partial charge in [0, 0.05) is 12.6 Å². The standard InChI is InChI=1S/C9H15N3OS/c1-6(5-7(2)14-4)8(10)12-9(13)11-3/h5H,1H2,2-4H3,(H3,10,11,12,13)/b7-5-. The summed E-state index contributed by atoms with van der Waals surface area (Å²) in [7, 11) is 1.49. The lowest BCUT2D eigenvalue weighted by Crippen LogP contribution is -2.37. The Hall–Kier alpha value is -1.23. The molecule has 0 aromatic rings. The highest BCUT2D eigenvalue weighted by Crippen LogP contribution is 2.12. The highest BCUT2D eigenvalue weighted by molar-refractivity contribution is 8.02. The van der Waals surface area contributed by atoms with Crippen LogP contribution in [-0.4, -0.2) is 25.2 Å². The van der Waals surface area contributed by atoms with Gasteiger partial charge in [-0.3, -0.25) is 10.7 Å². The van der Waals surface area contributed by atoms with E-state index in [0.717, 1.165) is 4.91 Å². The molecule has 0 aromatic carbocycles. The maximum Gasteiger partial charge on any atom is 0.320 e. The van der Waals surface area contributed by atoms with Gasteiger partial charge in [0.2, 0.25) is 0 Å². The Labute approximate surface area is 88.3 Å². The fourth-order valence-corrected chi connectivity index (χ4v) is 0.893. The monoisotopic (exact) mass is 213 g/mol. The summed E-state index contributed by atoms with van der Waals surface area (Å²) in [6, 6.07) is -0.411. The van der Waals surface area contributed by atoms with Crippen LogP contribution in [-0.2, 0) is 0 Å². The van der Waals surface area contributed by atoms with Gasteiger partial charge >= 0.3 is 6.03 Å². The number of hydrogen-bond acceptors (Lipinski definition) is 3. The first kappa shape index (κ1) is 12.8. The molecule has 5 heteroatoms. The molecule has 0 aromatic heterocycles. The summed E-state index contributed by atoms with van der Waals surface area (Å²) in [4.78, 5) is 11.9. The second-order valence-electron chi connectivity index (χ2n) is 2.56. The molecule has 4 nitrogen and oxygen atoms in total. The summed E-state index contributed by atoms with van der Waals surface area (Å²) in [6.45, 7) is 5.59. The molecule has 0 bridgehead atoms. The topological polar surface area (TPSA) is 65.0 Å². The lowest BCUT2D eigenvalue weighted by atomic mass is 10.2. The van der Waals surface area contributed by atoms with E-state index in [2.05, 4.69) is 17.2 Å². The molecule has 0 aliphatic rings. The first-order valence-corrected chi connectivity index (χ1v) is 5.22. The second kappa shape index (κ2) is 6.26. The van der Waals surface area contributed by atoms with Crippen LogP contribution in [0, 0.1) is 5.41 Å². The third-order valence-electron chi connectivity index (χ3n) is 1.49. The van der Waals surface area contributed by atoms with Crippen molar-refractivity contribution < 1.29 is 4.79 Å². The van der Waals surface area contributed by atoms with Crippen LogP contribution >= 0.6 is 11.8 Å². The van der Waals surface area contributed by atoms with Crippen molar-refractivity contribution in [3.8, 4) is 0 Å². The molecule has 2 amide bonds. The van der Waals surface area contributed by atoms with Gasteiger partial charge in [0.05, 0.1) is 0 Å². The lowest BCUT2D eigenvalue weighted by Gasteiger charge is -2.06. The summed E-state index contributed by atoms with van der Waals surface area (Å²) in [5, 5.41) is 12.2. The first-order valence-electron chi connectivity index (χ1n) is 4.00. The van der Waals surface area contributed by atoms with Gasteiger partial charge in [-0.2, -0.15) is 0 Å². The Morgan fingerprint density at radius 2 is 2.14 bits per heavy atom. The summed E-state index contributed by atoms with van der Waals surface area (Å²) >= 11 is 1.57. The number of nitrogens with one attached hydrogen (secondary N) is 3. The van der Waals surface area contributed by atoms with Gasteiger partial charge in [0.1, 0.15) is 5.84 Å². The van der Waals surface area contributed by atoms with Crippen molar-refractivity contribution in [3.63, 3.8) is 0 Å². The summed E-state index contributed by atoms with van der Waals surface area (Å²) < 4.78 is 0. The van der Waals surface area contributed by atoms with Gasteiger partial charge in [-0.1, -0.05) is 6.58 Å². The fourth-order valence-electron chi connectivity index (χ4n) is 0.633. The number of urea groups is 1. The summed E-state index contributed by atoms with van der Waals surface area (Å²) in [5.74, 6) is 0.0118. The van der Waals surface area contributed by atoms with E-state index in [1.165, 1.54) is 7.05 Å². The number of hydrogen-bond donors (Lipinski definition) is 3. The number of amides is 2. The van der Waals surface area contributed by atoms with Crippen LogP contribution in [0.3, 0.4) is 0 Å². The van der Waals surface area contributed by atoms with Crippen LogP contribution in [0.5, 0.6) is 0 Å². The molecule has 0 spiro atoms. The molecule has 0 aliphatic carbocycles. The maximum atomic E-state index is 10.9. The first-order chi connectivity index (χ1) is 6.51. The molecular weight excluding hydrogens is 198 g/mol. The average molecular weight is 213 g/mol. The lowest BCUT2D eigenvalue weighted by molar-refractivity contribution is 0.247. The predicted octanol–water partition coefficient (Wildman–Crippen LogP) is 1.72. The Kier molecular flexibility index (Phi) is 5.71. The quantitative estimate of drug-likeness (QED) is 0.379. The highest BCUT2D eigenvalue weighted by Gasteiger charge is 2.03. The number of carbonyl (C=O) groups excluding carboxylic acids is 1. The highest BCUT2D eigenvalue weighted by atomic mass is 32.2. The fraction of sp³-hybridized carbons (Fsp3) is 0.333. The third-order valence-corrected chi connectivity index (χ3v) is 2.25. The number of rotatable bonds is 3. The molecular formula is C9H15N3OS. The van der Waals surface area contributed by atoms with Gasteiger partial charge in [-0.25, -0.2) is 4.79 Å². The number of carbonyl (C=O) groups is 1. The molecule has 14 heavy (non-hydrogen) atoms. The van der Waals surface area contributed by atoms with E-state index in [-0.39, 0.29) is 5.84 Å². The van der Waals surface area contributed by atoms with Crippen molar-refractivity contribution in [2.24, 2.45) is 0 Å². The Morgan fingerprint density at radius 3 is 2.57 bits per heavy atom. The van der Waals surface area contributed by atoms with E-state index in [1.807, 2.05) is 13.2 Å². The molecule has 0 saturated carbocycles. The van der Waals surface area contributed by atoms with Crippen molar-refractivity contribution in [1.29, 1.82) is 5.41 Å². The Bertz CT molecular complexity index is 284. The molecule has 0 aliphatic heterocycles. The molecule has 78 valence electrons. The summed E-state index contributed by atoms with van der Waals surface area (Å²) in [5.41, 5.74) is 0.487. The Morgan fingerprint density at radius 1 is 1.57 bits per heavy atom. The smallest absolute Gasteiger partial charge is 0.320 e. The second-order valence-corrected chi connectivity index (χ2v) is 3.62. The van der Waals surface area contributed by atoms with Crippen molar-refractivity contribution >= 4 is 23.6 Å². The van der Waals surface area contributed by atoms with E-state index >= 15 is 0 Å². The number of amidine groups is 1. The zero-order valence-electron chi connectivity index (χ0n) is 8.60. The van der Waals surface area contributed by atoms with Crippen LogP contribution < -0.4 is 10.6 Å². The van der Waals surface area contributed by atoms with Gasteiger partial charge in [0.25, 0.3) is 0 Å². The number of thioether (sulfide) groups is 1. The largest absolute Gasteiger partial charge is 0.341 e. The van der Waals surface area contributed by atoms with E-state index < -0.39 is 6.03 Å². The van der Waals surface area contributed by atoms with E-state index in [0.29, 0.717) is 5.57 Å². The van der Waals surface area contributed by atoms with Gasteiger partial charge in [-0.15, -0.1) is 11.8 Å². The van der Waals surface area contributed by atoms with Crippen molar-refractivity contribution in [2.75, 3.05) is 13.3 Å². The van der Waals surface area contributed by atoms with Crippen LogP contribution in [0.4, 0.5) is 4.79 Å². The SMILES string of the molecule is C=C(/C=C(/C)SC)C(=N)NC(=O)NC. The number of allylic oxidation sites excluding steroid dienone is 1. The van der Waals surface area contributed by atoms with Crippen LogP contribution in [0.2, 0.25) is 0 Å². The molecule has 0 heterocycles. The minimum atomic E-state index is -0.411. The van der Waals surface area contributed by atoms with Crippen molar-refractivity contribution in [2.45, 2.75) is 6.92 Å². The minimum absolute atomic E-state index is 0.0118. The van der Waals surface area contributed by atoms with Crippen molar-refractivity contribution in [3.05, 3.63) is 23.1 Å². The summed E-state index contributed by atoms with van der Waals surface area (Å²) in [6.07, 6.45) is 3.69. The molecule has 0 atom stereocenters. The van der Waals surface area contributed by atoms with Gasteiger partial charge in [0.15, 0.2) is 0 Å². The van der Waals surface area contributed by atoms with Crippen LogP contribution in [0.15, 0.2) is 23.1 Å². The van der Waals surface area contributed by atoms with E-state index in [1.54, 1.807) is 17.8 Å². The van der Waals surface area contributed by atoms with E-state index in [4.69, 9.17) is 5.41 Å². The zero-order chi connectivity index (χ0) is 11.1. The van der Waals surface area contributed by atoms with Gasteiger partial charge in [-0.05, 0) is 24.2 Å². The van der Waals surface area contributed by atoms with Crippen molar-refractivity contribution in [1.82, 2.24) is 10.6 Å². The average Bonchev–Trinajstić information content (AvgIpc) is 2.17. The third kappa shape index (κ3) is 4.71. The van der Waals surface area contributed by atoms with E-state index in [9.17, 15) is 4.79 Å². The van der Waals surface area contributed by atoms with Crippen LogP contribution in [0.25, 0.3) is 0 Å². The molecule has 0 rings (SSSR count). The maximum absolute atomic E-state index is 10.9. The normalized spacial score (nSPS) is 10.6. The van der Waals surface area contributed by atoms with Gasteiger partial charge < -0.3 is 5.32 Å². The molecule has 0 unspecified atom stereocenters. The molecule has 0 fully saturated rings.